The number of hydrogen-bond donors (Lipinski definition) is 6. The van der Waals surface area contributed by atoms with Crippen LogP contribution in [0.1, 0.15) is 161 Å². The Morgan fingerprint density at radius 2 is 1.61 bits per heavy atom. The van der Waals surface area contributed by atoms with E-state index < -0.39 is 23.7 Å². The Morgan fingerprint density at radius 1 is 0.814 bits per heavy atom. The van der Waals surface area contributed by atoms with Crippen LogP contribution in [0.15, 0.2) is 0 Å². The Hall–Kier alpha value is -1.38. The molecule has 0 radical (unpaired) electrons. The number of Topliss-reactive ketones (excluding diaryl/α,β-unsaturated/α-hetero) is 2. The van der Waals surface area contributed by atoms with Crippen LogP contribution in [0.25, 0.3) is 0 Å². The summed E-state index contributed by atoms with van der Waals surface area (Å²) in [4.78, 5) is 26.4. The molecule has 332 valence electrons. The first-order chi connectivity index (χ1) is 28.6. The van der Waals surface area contributed by atoms with Crippen LogP contribution in [-0.2, 0) is 14.3 Å². The molecule has 1 spiro atoms. The molecule has 0 aromatic carbocycles. The number of piperidine rings is 2. The topological polar surface area (TPSA) is 163 Å². The maximum absolute atomic E-state index is 14.3. The molecule has 8 rings (SSSR count). The van der Waals surface area contributed by atoms with E-state index in [1.165, 1.54) is 57.8 Å². The summed E-state index contributed by atoms with van der Waals surface area (Å²) in [5.41, 5.74) is 5.53. The number of ether oxygens (including phenoxy) is 1. The SMILES string of the molecule is COC1CC2CCC(=O)[C@]3(C#C[C@H](CC[C@H](O)C[C@H](C4CC[NH2+]C(N)C4)C4CCC5CCCCC5C4)C2CC1O)CC[C@H](CC[C@H]1C[NH2+][C@@H]2CC(=O)CC[C@H]2C1)C[C@H]3O. The minimum absolute atomic E-state index is 0.0508. The third-order valence-corrected chi connectivity index (χ3v) is 18.7. The summed E-state index contributed by atoms with van der Waals surface area (Å²) >= 11 is 0. The van der Waals surface area contributed by atoms with Gasteiger partial charge in [-0.3, -0.25) is 15.3 Å². The second-order valence-corrected chi connectivity index (χ2v) is 22.0. The van der Waals surface area contributed by atoms with Gasteiger partial charge < -0.3 is 30.7 Å². The van der Waals surface area contributed by atoms with Gasteiger partial charge in [0.15, 0.2) is 5.78 Å². The number of carbonyl (C=O) groups excluding carboxylic acids is 2. The number of hydrogen-bond acceptors (Lipinski definition) is 7. The molecule has 18 atom stereocenters. The second kappa shape index (κ2) is 20.0. The summed E-state index contributed by atoms with van der Waals surface area (Å²) in [5.74, 6) is 13.3. The van der Waals surface area contributed by atoms with E-state index in [4.69, 9.17) is 10.5 Å². The summed E-state index contributed by atoms with van der Waals surface area (Å²) in [5, 5.41) is 40.0. The van der Waals surface area contributed by atoms with Crippen LogP contribution in [0.3, 0.4) is 0 Å². The van der Waals surface area contributed by atoms with E-state index in [-0.39, 0.29) is 35.8 Å². The van der Waals surface area contributed by atoms with Crippen molar-refractivity contribution in [3.63, 3.8) is 0 Å². The summed E-state index contributed by atoms with van der Waals surface area (Å²) in [6, 6.07) is 0.485. The van der Waals surface area contributed by atoms with Gasteiger partial charge in [-0.25, -0.2) is 0 Å². The van der Waals surface area contributed by atoms with E-state index in [1.54, 1.807) is 7.11 Å². The lowest BCUT2D eigenvalue weighted by atomic mass is 9.61. The molecular formula is C50H83N3O6+2. The molecule has 2 saturated heterocycles. The molecule has 9 N–H and O–H groups in total. The molecule has 0 aromatic rings. The Balaban J connectivity index is 0.943. The number of ketones is 2. The zero-order valence-corrected chi connectivity index (χ0v) is 36.7. The van der Waals surface area contributed by atoms with Crippen LogP contribution in [0.4, 0.5) is 0 Å². The van der Waals surface area contributed by atoms with Crippen molar-refractivity contribution in [2.45, 2.75) is 197 Å². The van der Waals surface area contributed by atoms with Crippen LogP contribution in [0, 0.1) is 82.4 Å². The van der Waals surface area contributed by atoms with Gasteiger partial charge in [0.25, 0.3) is 0 Å². The smallest absolute Gasteiger partial charge is 0.153 e. The van der Waals surface area contributed by atoms with Crippen molar-refractivity contribution in [3.05, 3.63) is 0 Å². The molecule has 5 saturated carbocycles. The molecule has 59 heavy (non-hydrogen) atoms. The molecule has 7 fully saturated rings. The summed E-state index contributed by atoms with van der Waals surface area (Å²) in [6.07, 6.45) is 22.9. The number of aliphatic hydroxyl groups is 3. The molecule has 9 heteroatoms. The molecule has 0 amide bonds. The van der Waals surface area contributed by atoms with Crippen molar-refractivity contribution in [3.8, 4) is 11.8 Å². The molecular weight excluding hydrogens is 739 g/mol. The van der Waals surface area contributed by atoms with Crippen LogP contribution >= 0.6 is 0 Å². The highest BCUT2D eigenvalue weighted by molar-refractivity contribution is 5.89. The van der Waals surface area contributed by atoms with Gasteiger partial charge in [0.1, 0.15) is 17.4 Å². The first kappa shape index (κ1) is 44.2. The summed E-state index contributed by atoms with van der Waals surface area (Å²) < 4.78 is 5.77. The van der Waals surface area contributed by atoms with E-state index in [2.05, 4.69) is 22.5 Å². The Kier molecular flexibility index (Phi) is 15.0. The molecule has 0 bridgehead atoms. The fourth-order valence-corrected chi connectivity index (χ4v) is 15.1. The third kappa shape index (κ3) is 10.4. The highest BCUT2D eigenvalue weighted by Gasteiger charge is 2.50. The highest BCUT2D eigenvalue weighted by Crippen LogP contribution is 2.50. The van der Waals surface area contributed by atoms with Gasteiger partial charge in [-0.2, -0.15) is 0 Å². The minimum atomic E-state index is -1.03. The lowest BCUT2D eigenvalue weighted by Crippen LogP contribution is -2.95. The zero-order chi connectivity index (χ0) is 41.1. The first-order valence-corrected chi connectivity index (χ1v) is 25.1. The molecule has 2 aliphatic heterocycles. The van der Waals surface area contributed by atoms with Crippen LogP contribution < -0.4 is 16.4 Å². The van der Waals surface area contributed by atoms with Gasteiger partial charge in [0.2, 0.25) is 0 Å². The molecule has 9 nitrogen and oxygen atoms in total. The van der Waals surface area contributed by atoms with E-state index in [1.807, 2.05) is 0 Å². The van der Waals surface area contributed by atoms with Crippen LogP contribution in [0.2, 0.25) is 0 Å². The maximum atomic E-state index is 14.3. The molecule has 0 aromatic heterocycles. The number of quaternary nitrogens is 2. The maximum Gasteiger partial charge on any atom is 0.153 e. The average molecular weight is 822 g/mol. The van der Waals surface area contributed by atoms with E-state index in [0.717, 1.165) is 95.6 Å². The number of rotatable bonds is 11. The van der Waals surface area contributed by atoms with Crippen molar-refractivity contribution in [2.24, 2.45) is 76.2 Å². The van der Waals surface area contributed by atoms with Gasteiger partial charge in [-0.05, 0) is 156 Å². The number of carbonyl (C=O) groups is 2. The predicted molar refractivity (Wildman–Crippen MR) is 228 cm³/mol. The Morgan fingerprint density at radius 3 is 2.42 bits per heavy atom. The van der Waals surface area contributed by atoms with E-state index >= 15 is 0 Å². The van der Waals surface area contributed by atoms with Gasteiger partial charge in [-0.1, -0.05) is 37.5 Å². The lowest BCUT2D eigenvalue weighted by molar-refractivity contribution is -0.711. The van der Waals surface area contributed by atoms with Gasteiger partial charge in [-0.15, -0.1) is 0 Å². The quantitative estimate of drug-likeness (QED) is 0.166. The van der Waals surface area contributed by atoms with Crippen molar-refractivity contribution < 1.29 is 40.3 Å². The molecule has 2 heterocycles. The van der Waals surface area contributed by atoms with Gasteiger partial charge in [0, 0.05) is 44.1 Å². The standard InChI is InChI=1S/C50H81N3O6/c1-59-46-25-37-12-15-47(57)50(19-16-31(23-48(50)58)6-7-32-22-39-11-14-41(55)28-44(39)53-30-32)20-17-34(43(37)29-45(46)56)10-13-40(54)27-42(38-18-21-52-49(51)26-38)36-9-8-33-4-2-3-5-35(33)24-36/h31-40,42-46,48-49,52-54,56,58H,2-16,18-19,21-30,51H2,1H3/p+2/t31-,32+,33?,34-,35?,36?,37?,38?,39-,40-,42-,43?,44+,45?,46?,48+,49?,50+/m0/s1. The lowest BCUT2D eigenvalue weighted by Gasteiger charge is -2.45. The molecule has 6 aliphatic carbocycles. The predicted octanol–water partition coefficient (Wildman–Crippen LogP) is 4.63. The molecule has 9 unspecified atom stereocenters. The van der Waals surface area contributed by atoms with E-state index in [0.29, 0.717) is 79.4 Å². The van der Waals surface area contributed by atoms with Crippen LogP contribution in [0.5, 0.6) is 0 Å². The monoisotopic (exact) mass is 822 g/mol. The second-order valence-electron chi connectivity index (χ2n) is 22.0. The van der Waals surface area contributed by atoms with Crippen molar-refractivity contribution in [1.29, 1.82) is 0 Å². The highest BCUT2D eigenvalue weighted by atomic mass is 16.5. The van der Waals surface area contributed by atoms with Crippen molar-refractivity contribution in [2.75, 3.05) is 20.2 Å². The normalized spacial score (nSPS) is 45.3. The number of nitrogens with two attached hydrogens (primary N) is 3. The number of aliphatic hydroxyl groups excluding tert-OH is 3. The van der Waals surface area contributed by atoms with Gasteiger partial charge in [0.05, 0.1) is 50.0 Å². The zero-order valence-electron chi connectivity index (χ0n) is 36.7. The third-order valence-electron chi connectivity index (χ3n) is 18.7. The summed E-state index contributed by atoms with van der Waals surface area (Å²) in [6.45, 7) is 2.18. The summed E-state index contributed by atoms with van der Waals surface area (Å²) in [7, 11) is 1.68. The van der Waals surface area contributed by atoms with Crippen LogP contribution in [-0.4, -0.2) is 83.7 Å². The van der Waals surface area contributed by atoms with Crippen molar-refractivity contribution >= 4 is 11.6 Å². The fourth-order valence-electron chi connectivity index (χ4n) is 15.1. The van der Waals surface area contributed by atoms with Gasteiger partial charge >= 0.3 is 0 Å². The average Bonchev–Trinajstić information content (AvgIpc) is 3.29. The molecule has 8 aliphatic rings. The fraction of sp³-hybridized carbons (Fsp3) is 0.920. The number of fused-ring (bicyclic) bond motifs is 3. The minimum Gasteiger partial charge on any atom is -0.393 e. The Bertz CT molecular complexity index is 1480. The van der Waals surface area contributed by atoms with Crippen molar-refractivity contribution in [1.82, 2.24) is 0 Å². The first-order valence-electron chi connectivity index (χ1n) is 25.1. The largest absolute Gasteiger partial charge is 0.393 e. The Labute approximate surface area is 356 Å². The van der Waals surface area contributed by atoms with E-state index in [9.17, 15) is 24.9 Å². The number of methoxy groups -OCH3 is 1.